The number of hydrogen-bond donors (Lipinski definition) is 1. The van der Waals surface area contributed by atoms with Crippen LogP contribution in [-0.2, 0) is 4.74 Å². The van der Waals surface area contributed by atoms with E-state index in [1.165, 1.54) is 0 Å². The van der Waals surface area contributed by atoms with Gasteiger partial charge in [0.25, 0.3) is 5.91 Å². The number of nitrogens with one attached hydrogen (secondary N) is 1. The molecule has 164 valence electrons. The second kappa shape index (κ2) is 9.58. The van der Waals surface area contributed by atoms with Crippen LogP contribution in [0.3, 0.4) is 0 Å². The predicted molar refractivity (Wildman–Crippen MR) is 121 cm³/mol. The van der Waals surface area contributed by atoms with E-state index in [1.54, 1.807) is 6.20 Å². The summed E-state index contributed by atoms with van der Waals surface area (Å²) in [5.41, 5.74) is 5.27. The standard InChI is InChI=1S/C24H31N5O2/c1-17(2)22-20(24(30)25-10-7-11-28-12-14-31-15-13-28)16-26-23-21(18(3)27-29(22)23)19-8-5-4-6-9-19/h4-6,8-9,16-17H,7,10-15H2,1-3H3,(H,25,30). The monoisotopic (exact) mass is 421 g/mol. The van der Waals surface area contributed by atoms with Crippen LogP contribution in [0.15, 0.2) is 36.5 Å². The lowest BCUT2D eigenvalue weighted by Gasteiger charge is -2.26. The van der Waals surface area contributed by atoms with Crippen molar-refractivity contribution in [3.8, 4) is 11.1 Å². The number of carbonyl (C=O) groups is 1. The number of rotatable bonds is 7. The maximum atomic E-state index is 13.0. The number of amides is 1. The lowest BCUT2D eigenvalue weighted by atomic mass is 10.0. The molecular formula is C24H31N5O2. The third-order valence-electron chi connectivity index (χ3n) is 5.75. The Labute approximate surface area is 183 Å². The number of morpholine rings is 1. The van der Waals surface area contributed by atoms with Crippen LogP contribution in [-0.4, -0.2) is 64.8 Å². The third kappa shape index (κ3) is 4.62. The molecule has 31 heavy (non-hydrogen) atoms. The number of aryl methyl sites for hydroxylation is 1. The van der Waals surface area contributed by atoms with Crippen molar-refractivity contribution in [1.82, 2.24) is 24.8 Å². The Morgan fingerprint density at radius 3 is 2.65 bits per heavy atom. The number of benzene rings is 1. The van der Waals surface area contributed by atoms with Crippen LogP contribution in [0, 0.1) is 6.92 Å². The zero-order valence-electron chi connectivity index (χ0n) is 18.6. The maximum Gasteiger partial charge on any atom is 0.254 e. The fraction of sp³-hybridized carbons (Fsp3) is 0.458. The molecule has 1 fully saturated rings. The maximum absolute atomic E-state index is 13.0. The van der Waals surface area contributed by atoms with E-state index in [0.29, 0.717) is 12.1 Å². The Morgan fingerprint density at radius 1 is 1.19 bits per heavy atom. The number of aromatic nitrogens is 3. The Bertz CT molecular complexity index is 1040. The normalized spacial score (nSPS) is 15.0. The second-order valence-electron chi connectivity index (χ2n) is 8.34. The van der Waals surface area contributed by atoms with Gasteiger partial charge in [0.1, 0.15) is 0 Å². The first kappa shape index (κ1) is 21.5. The second-order valence-corrected chi connectivity index (χ2v) is 8.34. The highest BCUT2D eigenvalue weighted by molar-refractivity contribution is 5.96. The van der Waals surface area contributed by atoms with E-state index in [4.69, 9.17) is 9.84 Å². The van der Waals surface area contributed by atoms with E-state index in [0.717, 1.165) is 67.4 Å². The van der Waals surface area contributed by atoms with Gasteiger partial charge < -0.3 is 10.1 Å². The number of ether oxygens (including phenoxy) is 1. The van der Waals surface area contributed by atoms with Crippen molar-refractivity contribution in [2.45, 2.75) is 33.1 Å². The van der Waals surface area contributed by atoms with Crippen molar-refractivity contribution in [2.75, 3.05) is 39.4 Å². The summed E-state index contributed by atoms with van der Waals surface area (Å²) in [5.74, 6) is 0.0389. The average molecular weight is 422 g/mol. The minimum atomic E-state index is -0.0884. The summed E-state index contributed by atoms with van der Waals surface area (Å²) in [6.07, 6.45) is 2.62. The van der Waals surface area contributed by atoms with Crippen molar-refractivity contribution in [2.24, 2.45) is 0 Å². The molecule has 1 aromatic carbocycles. The number of hydrogen-bond acceptors (Lipinski definition) is 5. The summed E-state index contributed by atoms with van der Waals surface area (Å²) in [5, 5.41) is 7.84. The molecule has 0 atom stereocenters. The lowest BCUT2D eigenvalue weighted by molar-refractivity contribution is 0.0374. The van der Waals surface area contributed by atoms with Crippen molar-refractivity contribution in [3.63, 3.8) is 0 Å². The molecule has 0 aliphatic carbocycles. The molecule has 7 heteroatoms. The zero-order valence-corrected chi connectivity index (χ0v) is 18.6. The van der Waals surface area contributed by atoms with Gasteiger partial charge in [-0.1, -0.05) is 44.2 Å². The minimum absolute atomic E-state index is 0.0884. The van der Waals surface area contributed by atoms with Crippen LogP contribution in [0.4, 0.5) is 0 Å². The quantitative estimate of drug-likeness (QED) is 0.593. The van der Waals surface area contributed by atoms with Gasteiger partial charge in [0.2, 0.25) is 0 Å². The summed E-state index contributed by atoms with van der Waals surface area (Å²) < 4.78 is 7.24. The fourth-order valence-corrected chi connectivity index (χ4v) is 4.21. The molecule has 0 spiro atoms. The molecule has 0 bridgehead atoms. The van der Waals surface area contributed by atoms with Crippen molar-refractivity contribution >= 4 is 11.6 Å². The largest absolute Gasteiger partial charge is 0.379 e. The molecule has 2 aromatic heterocycles. The number of fused-ring (bicyclic) bond motifs is 1. The zero-order chi connectivity index (χ0) is 21.8. The van der Waals surface area contributed by atoms with E-state index in [9.17, 15) is 4.79 Å². The fourth-order valence-electron chi connectivity index (χ4n) is 4.21. The molecule has 0 radical (unpaired) electrons. The number of nitrogens with zero attached hydrogens (tertiary/aromatic N) is 4. The average Bonchev–Trinajstić information content (AvgIpc) is 3.12. The first-order chi connectivity index (χ1) is 15.1. The molecule has 1 aliphatic rings. The minimum Gasteiger partial charge on any atom is -0.379 e. The van der Waals surface area contributed by atoms with Gasteiger partial charge in [-0.15, -0.1) is 0 Å². The van der Waals surface area contributed by atoms with Crippen LogP contribution in [0.5, 0.6) is 0 Å². The van der Waals surface area contributed by atoms with Gasteiger partial charge in [-0.3, -0.25) is 9.69 Å². The molecule has 3 heterocycles. The first-order valence-electron chi connectivity index (χ1n) is 11.1. The molecule has 1 amide bonds. The topological polar surface area (TPSA) is 71.8 Å². The van der Waals surface area contributed by atoms with Gasteiger partial charge in [-0.2, -0.15) is 5.10 Å². The molecular weight excluding hydrogens is 390 g/mol. The number of carbonyl (C=O) groups excluding carboxylic acids is 1. The molecule has 4 rings (SSSR count). The van der Waals surface area contributed by atoms with E-state index < -0.39 is 0 Å². The van der Waals surface area contributed by atoms with Crippen LogP contribution in [0.25, 0.3) is 16.8 Å². The highest BCUT2D eigenvalue weighted by atomic mass is 16.5. The van der Waals surface area contributed by atoms with Crippen LogP contribution in [0.2, 0.25) is 0 Å². The summed E-state index contributed by atoms with van der Waals surface area (Å²) >= 11 is 0. The van der Waals surface area contributed by atoms with Crippen LogP contribution in [0.1, 0.15) is 47.9 Å². The molecule has 7 nitrogen and oxygen atoms in total. The van der Waals surface area contributed by atoms with Crippen molar-refractivity contribution in [1.29, 1.82) is 0 Å². The highest BCUT2D eigenvalue weighted by Crippen LogP contribution is 2.30. The lowest BCUT2D eigenvalue weighted by Crippen LogP contribution is -2.38. The predicted octanol–water partition coefficient (Wildman–Crippen LogP) is 3.28. The van der Waals surface area contributed by atoms with E-state index in [1.807, 2.05) is 29.6 Å². The van der Waals surface area contributed by atoms with Crippen molar-refractivity contribution in [3.05, 3.63) is 53.5 Å². The Kier molecular flexibility index (Phi) is 6.63. The van der Waals surface area contributed by atoms with Gasteiger partial charge in [-0.25, -0.2) is 9.50 Å². The molecule has 1 aliphatic heterocycles. The first-order valence-corrected chi connectivity index (χ1v) is 11.1. The summed E-state index contributed by atoms with van der Waals surface area (Å²) in [6.45, 7) is 11.3. The third-order valence-corrected chi connectivity index (χ3v) is 5.75. The molecule has 1 saturated heterocycles. The summed E-state index contributed by atoms with van der Waals surface area (Å²) in [7, 11) is 0. The Morgan fingerprint density at radius 2 is 1.94 bits per heavy atom. The molecule has 1 N–H and O–H groups in total. The Hall–Kier alpha value is -2.77. The van der Waals surface area contributed by atoms with Crippen molar-refractivity contribution < 1.29 is 9.53 Å². The molecule has 3 aromatic rings. The van der Waals surface area contributed by atoms with Gasteiger partial charge in [0, 0.05) is 31.4 Å². The molecule has 0 saturated carbocycles. The van der Waals surface area contributed by atoms with Gasteiger partial charge in [0.15, 0.2) is 5.65 Å². The van der Waals surface area contributed by atoms with Crippen LogP contribution >= 0.6 is 0 Å². The van der Waals surface area contributed by atoms with Gasteiger partial charge in [0.05, 0.1) is 30.2 Å². The van der Waals surface area contributed by atoms with Crippen LogP contribution < -0.4 is 5.32 Å². The SMILES string of the molecule is Cc1nn2c(C(C)C)c(C(=O)NCCCN3CCOCC3)cnc2c1-c1ccccc1. The molecule has 0 unspecified atom stereocenters. The summed E-state index contributed by atoms with van der Waals surface area (Å²) in [6, 6.07) is 10.2. The van der Waals surface area contributed by atoms with E-state index >= 15 is 0 Å². The van der Waals surface area contributed by atoms with E-state index in [-0.39, 0.29) is 11.8 Å². The highest BCUT2D eigenvalue weighted by Gasteiger charge is 2.22. The Balaban J connectivity index is 1.55. The van der Waals surface area contributed by atoms with Gasteiger partial charge >= 0.3 is 0 Å². The van der Waals surface area contributed by atoms with E-state index in [2.05, 4.69) is 41.2 Å². The van der Waals surface area contributed by atoms with Gasteiger partial charge in [-0.05, 0) is 31.4 Å². The summed E-state index contributed by atoms with van der Waals surface area (Å²) in [4.78, 5) is 20.0. The smallest absolute Gasteiger partial charge is 0.254 e.